The number of hydrogen-bond acceptors (Lipinski definition) is 4. The van der Waals surface area contributed by atoms with Crippen LogP contribution in [0.2, 0.25) is 0 Å². The van der Waals surface area contributed by atoms with Gasteiger partial charge >= 0.3 is 0 Å². The standard InChI is InChI=1S/C15H19NO3/c1-17-8-6-12-2-4-14(5-3-12)19-11-15-13(10-16)7-9-18-15/h2-5,7,9H,6,8,10-11,16H2,1H3. The third-order valence-corrected chi connectivity index (χ3v) is 2.95. The molecule has 2 aromatic rings. The van der Waals surface area contributed by atoms with Gasteiger partial charge in [0.05, 0.1) is 12.9 Å². The van der Waals surface area contributed by atoms with Crippen LogP contribution in [0.3, 0.4) is 0 Å². The highest BCUT2D eigenvalue weighted by molar-refractivity contribution is 5.28. The number of ether oxygens (including phenoxy) is 2. The average molecular weight is 261 g/mol. The Labute approximate surface area is 113 Å². The van der Waals surface area contributed by atoms with E-state index >= 15 is 0 Å². The van der Waals surface area contributed by atoms with Crippen molar-refractivity contribution in [2.24, 2.45) is 5.73 Å². The number of benzene rings is 1. The molecule has 0 saturated heterocycles. The van der Waals surface area contributed by atoms with Gasteiger partial charge in [-0.2, -0.15) is 0 Å². The van der Waals surface area contributed by atoms with E-state index < -0.39 is 0 Å². The molecule has 102 valence electrons. The van der Waals surface area contributed by atoms with Crippen molar-refractivity contribution in [1.82, 2.24) is 0 Å². The predicted octanol–water partition coefficient (Wildman–Crippen LogP) is 2.51. The lowest BCUT2D eigenvalue weighted by molar-refractivity contribution is 0.202. The van der Waals surface area contributed by atoms with E-state index in [0.717, 1.165) is 30.1 Å². The van der Waals surface area contributed by atoms with Gasteiger partial charge in [-0.05, 0) is 30.2 Å². The molecular weight excluding hydrogens is 242 g/mol. The summed E-state index contributed by atoms with van der Waals surface area (Å²) in [5.74, 6) is 1.60. The molecule has 1 heterocycles. The summed E-state index contributed by atoms with van der Waals surface area (Å²) < 4.78 is 16.0. The maximum absolute atomic E-state index is 5.67. The fourth-order valence-electron chi connectivity index (χ4n) is 1.80. The van der Waals surface area contributed by atoms with Crippen molar-refractivity contribution in [2.75, 3.05) is 13.7 Å². The molecule has 0 spiro atoms. The minimum absolute atomic E-state index is 0.400. The molecule has 2 N–H and O–H groups in total. The number of hydrogen-bond donors (Lipinski definition) is 1. The molecule has 4 nitrogen and oxygen atoms in total. The molecule has 0 fully saturated rings. The van der Waals surface area contributed by atoms with Crippen molar-refractivity contribution >= 4 is 0 Å². The van der Waals surface area contributed by atoms with Crippen molar-refractivity contribution in [2.45, 2.75) is 19.6 Å². The van der Waals surface area contributed by atoms with Gasteiger partial charge in [0, 0.05) is 19.2 Å². The highest BCUT2D eigenvalue weighted by atomic mass is 16.5. The number of rotatable bonds is 7. The fourth-order valence-corrected chi connectivity index (χ4v) is 1.80. The largest absolute Gasteiger partial charge is 0.486 e. The number of nitrogens with two attached hydrogens (primary N) is 1. The lowest BCUT2D eigenvalue weighted by Gasteiger charge is -2.07. The summed E-state index contributed by atoms with van der Waals surface area (Å²) in [7, 11) is 1.70. The summed E-state index contributed by atoms with van der Waals surface area (Å²) in [6, 6.07) is 9.86. The Morgan fingerprint density at radius 2 is 1.95 bits per heavy atom. The fraction of sp³-hybridized carbons (Fsp3) is 0.333. The van der Waals surface area contributed by atoms with Crippen LogP contribution in [0.5, 0.6) is 5.75 Å². The molecule has 0 radical (unpaired) electrons. The van der Waals surface area contributed by atoms with Gasteiger partial charge in [-0.15, -0.1) is 0 Å². The zero-order chi connectivity index (χ0) is 13.5. The van der Waals surface area contributed by atoms with Crippen LogP contribution < -0.4 is 10.5 Å². The molecular formula is C15H19NO3. The van der Waals surface area contributed by atoms with Crippen molar-refractivity contribution in [3.8, 4) is 5.75 Å². The Morgan fingerprint density at radius 3 is 2.63 bits per heavy atom. The monoisotopic (exact) mass is 261 g/mol. The molecule has 2 rings (SSSR count). The molecule has 0 aliphatic carbocycles. The van der Waals surface area contributed by atoms with Gasteiger partial charge in [0.15, 0.2) is 0 Å². The van der Waals surface area contributed by atoms with Crippen LogP contribution in [0.4, 0.5) is 0 Å². The Balaban J connectivity index is 1.89. The van der Waals surface area contributed by atoms with Gasteiger partial charge < -0.3 is 19.6 Å². The Kier molecular flexibility index (Phi) is 5.01. The quantitative estimate of drug-likeness (QED) is 0.832. The molecule has 4 heteroatoms. The molecule has 19 heavy (non-hydrogen) atoms. The third kappa shape index (κ3) is 3.84. The van der Waals surface area contributed by atoms with Gasteiger partial charge in [0.1, 0.15) is 18.1 Å². The highest BCUT2D eigenvalue weighted by Crippen LogP contribution is 2.16. The SMILES string of the molecule is COCCc1ccc(OCc2occc2CN)cc1. The predicted molar refractivity (Wildman–Crippen MR) is 73.0 cm³/mol. The summed E-state index contributed by atoms with van der Waals surface area (Å²) in [4.78, 5) is 0. The molecule has 0 amide bonds. The first-order chi connectivity index (χ1) is 9.33. The van der Waals surface area contributed by atoms with Crippen molar-refractivity contribution < 1.29 is 13.9 Å². The zero-order valence-electron chi connectivity index (χ0n) is 11.1. The highest BCUT2D eigenvalue weighted by Gasteiger charge is 2.05. The van der Waals surface area contributed by atoms with E-state index in [1.807, 2.05) is 30.3 Å². The molecule has 1 aromatic carbocycles. The Hall–Kier alpha value is -1.78. The molecule has 0 aliphatic rings. The minimum atomic E-state index is 0.400. The van der Waals surface area contributed by atoms with Crippen LogP contribution in [0, 0.1) is 0 Å². The van der Waals surface area contributed by atoms with Gasteiger partial charge in [0.25, 0.3) is 0 Å². The van der Waals surface area contributed by atoms with Crippen LogP contribution in [0.15, 0.2) is 41.0 Å². The van der Waals surface area contributed by atoms with E-state index in [-0.39, 0.29) is 0 Å². The number of methoxy groups -OCH3 is 1. The Morgan fingerprint density at radius 1 is 1.16 bits per heavy atom. The topological polar surface area (TPSA) is 57.6 Å². The van der Waals surface area contributed by atoms with Crippen LogP contribution >= 0.6 is 0 Å². The molecule has 0 aliphatic heterocycles. The smallest absolute Gasteiger partial charge is 0.146 e. The van der Waals surface area contributed by atoms with Crippen LogP contribution in [-0.4, -0.2) is 13.7 Å². The second-order valence-corrected chi connectivity index (χ2v) is 4.25. The van der Waals surface area contributed by atoms with Crippen molar-refractivity contribution in [3.63, 3.8) is 0 Å². The normalized spacial score (nSPS) is 10.6. The summed E-state index contributed by atoms with van der Waals surface area (Å²) in [5.41, 5.74) is 7.82. The summed E-state index contributed by atoms with van der Waals surface area (Å²) >= 11 is 0. The summed E-state index contributed by atoms with van der Waals surface area (Å²) in [6.07, 6.45) is 2.54. The first kappa shape index (κ1) is 13.6. The van der Waals surface area contributed by atoms with Crippen molar-refractivity contribution in [1.29, 1.82) is 0 Å². The maximum Gasteiger partial charge on any atom is 0.146 e. The van der Waals surface area contributed by atoms with Crippen molar-refractivity contribution in [3.05, 3.63) is 53.5 Å². The van der Waals surface area contributed by atoms with E-state index in [2.05, 4.69) is 0 Å². The second-order valence-electron chi connectivity index (χ2n) is 4.25. The molecule has 1 aromatic heterocycles. The first-order valence-corrected chi connectivity index (χ1v) is 6.29. The maximum atomic E-state index is 5.67. The van der Waals surface area contributed by atoms with E-state index in [0.29, 0.717) is 13.2 Å². The molecule has 0 saturated carbocycles. The minimum Gasteiger partial charge on any atom is -0.486 e. The van der Waals surface area contributed by atoms with Gasteiger partial charge in [-0.1, -0.05) is 12.1 Å². The third-order valence-electron chi connectivity index (χ3n) is 2.95. The molecule has 0 atom stereocenters. The molecule has 0 bridgehead atoms. The van der Waals surface area contributed by atoms with E-state index in [1.54, 1.807) is 13.4 Å². The average Bonchev–Trinajstić information content (AvgIpc) is 2.91. The van der Waals surface area contributed by atoms with Gasteiger partial charge in [-0.3, -0.25) is 0 Å². The Bertz CT molecular complexity index is 490. The lowest BCUT2D eigenvalue weighted by Crippen LogP contribution is -2.02. The van der Waals surface area contributed by atoms with E-state index in [4.69, 9.17) is 19.6 Å². The van der Waals surface area contributed by atoms with Crippen LogP contribution in [0.25, 0.3) is 0 Å². The second kappa shape index (κ2) is 6.97. The zero-order valence-corrected chi connectivity index (χ0v) is 11.1. The summed E-state index contributed by atoms with van der Waals surface area (Å²) in [5, 5.41) is 0. The van der Waals surface area contributed by atoms with Crippen LogP contribution in [-0.2, 0) is 24.3 Å². The number of furan rings is 1. The van der Waals surface area contributed by atoms with Crippen LogP contribution in [0.1, 0.15) is 16.9 Å². The lowest BCUT2D eigenvalue weighted by atomic mass is 10.1. The summed E-state index contributed by atoms with van der Waals surface area (Å²) in [6.45, 7) is 1.59. The van der Waals surface area contributed by atoms with E-state index in [9.17, 15) is 0 Å². The van der Waals surface area contributed by atoms with Gasteiger partial charge in [0.2, 0.25) is 0 Å². The van der Waals surface area contributed by atoms with E-state index in [1.165, 1.54) is 5.56 Å². The molecule has 0 unspecified atom stereocenters. The van der Waals surface area contributed by atoms with Gasteiger partial charge in [-0.25, -0.2) is 0 Å². The first-order valence-electron chi connectivity index (χ1n) is 6.29.